The zero-order valence-electron chi connectivity index (χ0n) is 12.0. The summed E-state index contributed by atoms with van der Waals surface area (Å²) in [7, 11) is 1.73. The van der Waals surface area contributed by atoms with Gasteiger partial charge in [-0.3, -0.25) is 9.59 Å². The summed E-state index contributed by atoms with van der Waals surface area (Å²) < 4.78 is 2.87. The molecule has 1 heterocycles. The molecule has 5 nitrogen and oxygen atoms in total. The summed E-state index contributed by atoms with van der Waals surface area (Å²) in [6.07, 6.45) is 4.14. The van der Waals surface area contributed by atoms with Gasteiger partial charge in [-0.2, -0.15) is 0 Å². The minimum atomic E-state index is -0.520. The number of hydrogen-bond acceptors (Lipinski definition) is 2. The Bertz CT molecular complexity index is 522. The Morgan fingerprint density at radius 2 is 2.20 bits per heavy atom. The van der Waals surface area contributed by atoms with Gasteiger partial charge in [0.15, 0.2) is 0 Å². The molecule has 1 unspecified atom stereocenters. The lowest BCUT2D eigenvalue weighted by Gasteiger charge is -2.20. The minimum absolute atomic E-state index is 0.0792. The van der Waals surface area contributed by atoms with Gasteiger partial charge in [-0.05, 0) is 48.7 Å². The van der Waals surface area contributed by atoms with Crippen LogP contribution >= 0.6 is 15.9 Å². The quantitative estimate of drug-likeness (QED) is 0.892. The van der Waals surface area contributed by atoms with E-state index in [4.69, 9.17) is 0 Å². The highest BCUT2D eigenvalue weighted by atomic mass is 79.9. The van der Waals surface area contributed by atoms with E-state index in [0.29, 0.717) is 18.3 Å². The normalized spacial score (nSPS) is 15.8. The predicted molar refractivity (Wildman–Crippen MR) is 80.6 cm³/mol. The second-order valence-corrected chi connectivity index (χ2v) is 6.15. The molecule has 1 atom stereocenters. The molecule has 110 valence electrons. The molecule has 1 aliphatic rings. The van der Waals surface area contributed by atoms with E-state index in [1.54, 1.807) is 24.9 Å². The van der Waals surface area contributed by atoms with E-state index in [1.807, 2.05) is 17.7 Å². The van der Waals surface area contributed by atoms with E-state index in [1.165, 1.54) is 0 Å². The molecule has 1 N–H and O–H groups in total. The predicted octanol–water partition coefficient (Wildman–Crippen LogP) is 2.18. The zero-order chi connectivity index (χ0) is 14.9. The number of rotatable bonds is 5. The maximum absolute atomic E-state index is 12.3. The van der Waals surface area contributed by atoms with Gasteiger partial charge in [0.1, 0.15) is 11.7 Å². The lowest BCUT2D eigenvalue weighted by molar-refractivity contribution is -0.131. The Balaban J connectivity index is 2.06. The molecule has 1 saturated carbocycles. The molecule has 0 aliphatic heterocycles. The Morgan fingerprint density at radius 3 is 2.75 bits per heavy atom. The minimum Gasteiger partial charge on any atom is -0.344 e. The standard InChI is InChI=1S/C14H20BrN3O2/c1-4-17(3)14(20)9(2)16-13(19)12-7-10(15)8-18(12)11-5-6-11/h7-9,11H,4-6H2,1-3H3,(H,16,19). The second kappa shape index (κ2) is 5.99. The van der Waals surface area contributed by atoms with Crippen LogP contribution in [0.25, 0.3) is 0 Å². The summed E-state index contributed by atoms with van der Waals surface area (Å²) in [4.78, 5) is 25.9. The highest BCUT2D eigenvalue weighted by Crippen LogP contribution is 2.37. The van der Waals surface area contributed by atoms with Crippen LogP contribution in [0.3, 0.4) is 0 Å². The van der Waals surface area contributed by atoms with Crippen LogP contribution in [-0.2, 0) is 4.79 Å². The first-order valence-electron chi connectivity index (χ1n) is 6.87. The smallest absolute Gasteiger partial charge is 0.268 e. The average Bonchev–Trinajstić information content (AvgIpc) is 3.19. The fourth-order valence-corrected chi connectivity index (χ4v) is 2.54. The maximum Gasteiger partial charge on any atom is 0.268 e. The van der Waals surface area contributed by atoms with E-state index in [2.05, 4.69) is 21.2 Å². The molecule has 20 heavy (non-hydrogen) atoms. The number of nitrogens with one attached hydrogen (secondary N) is 1. The first-order chi connectivity index (χ1) is 9.43. The van der Waals surface area contributed by atoms with Crippen molar-refractivity contribution in [2.45, 2.75) is 38.8 Å². The average molecular weight is 342 g/mol. The Labute approximate surface area is 127 Å². The van der Waals surface area contributed by atoms with Crippen LogP contribution in [0.4, 0.5) is 0 Å². The molecule has 6 heteroatoms. The van der Waals surface area contributed by atoms with Crippen molar-refractivity contribution in [2.24, 2.45) is 0 Å². The second-order valence-electron chi connectivity index (χ2n) is 5.23. The first-order valence-corrected chi connectivity index (χ1v) is 7.66. The molecule has 0 bridgehead atoms. The van der Waals surface area contributed by atoms with Crippen LogP contribution < -0.4 is 5.32 Å². The third kappa shape index (κ3) is 3.23. The van der Waals surface area contributed by atoms with Gasteiger partial charge in [-0.25, -0.2) is 0 Å². The molecule has 0 spiro atoms. The summed E-state index contributed by atoms with van der Waals surface area (Å²) in [5.41, 5.74) is 0.609. The van der Waals surface area contributed by atoms with Gasteiger partial charge in [0.25, 0.3) is 5.91 Å². The van der Waals surface area contributed by atoms with Crippen molar-refractivity contribution < 1.29 is 9.59 Å². The number of amides is 2. The van der Waals surface area contributed by atoms with Crippen molar-refractivity contribution in [1.82, 2.24) is 14.8 Å². The fraction of sp³-hybridized carbons (Fsp3) is 0.571. The van der Waals surface area contributed by atoms with Crippen molar-refractivity contribution >= 4 is 27.7 Å². The molecule has 2 amide bonds. The van der Waals surface area contributed by atoms with Crippen molar-refractivity contribution in [3.63, 3.8) is 0 Å². The van der Waals surface area contributed by atoms with Crippen LogP contribution in [0.2, 0.25) is 0 Å². The first kappa shape index (κ1) is 15.1. The zero-order valence-corrected chi connectivity index (χ0v) is 13.6. The SMILES string of the molecule is CCN(C)C(=O)C(C)NC(=O)c1cc(Br)cn1C1CC1. The van der Waals surface area contributed by atoms with E-state index in [0.717, 1.165) is 17.3 Å². The van der Waals surface area contributed by atoms with E-state index in [-0.39, 0.29) is 11.8 Å². The maximum atomic E-state index is 12.3. The Morgan fingerprint density at radius 1 is 1.55 bits per heavy atom. The Hall–Kier alpha value is -1.30. The van der Waals surface area contributed by atoms with Gasteiger partial charge in [-0.1, -0.05) is 0 Å². The van der Waals surface area contributed by atoms with Crippen LogP contribution in [0.15, 0.2) is 16.7 Å². The molecule has 1 aromatic rings. The summed E-state index contributed by atoms with van der Waals surface area (Å²) >= 11 is 3.40. The fourth-order valence-electron chi connectivity index (χ4n) is 2.10. The van der Waals surface area contributed by atoms with E-state index >= 15 is 0 Å². The molecule has 1 aromatic heterocycles. The highest BCUT2D eigenvalue weighted by molar-refractivity contribution is 9.10. The third-order valence-corrected chi connectivity index (χ3v) is 3.99. The third-order valence-electron chi connectivity index (χ3n) is 3.56. The number of nitrogens with zero attached hydrogens (tertiary/aromatic N) is 2. The number of aromatic nitrogens is 1. The summed E-state index contributed by atoms with van der Waals surface area (Å²) in [5.74, 6) is -0.280. The lowest BCUT2D eigenvalue weighted by atomic mass is 10.2. The van der Waals surface area contributed by atoms with E-state index in [9.17, 15) is 9.59 Å². The van der Waals surface area contributed by atoms with Crippen molar-refractivity contribution in [2.75, 3.05) is 13.6 Å². The summed E-state index contributed by atoms with van der Waals surface area (Å²) in [6, 6.07) is 1.70. The lowest BCUT2D eigenvalue weighted by Crippen LogP contribution is -2.45. The van der Waals surface area contributed by atoms with Crippen LogP contribution in [0.5, 0.6) is 0 Å². The summed E-state index contributed by atoms with van der Waals surface area (Å²) in [6.45, 7) is 4.25. The largest absolute Gasteiger partial charge is 0.344 e. The Kier molecular flexibility index (Phi) is 4.52. The van der Waals surface area contributed by atoms with Crippen molar-refractivity contribution in [3.05, 3.63) is 22.4 Å². The highest BCUT2D eigenvalue weighted by Gasteiger charge is 2.29. The molecule has 1 fully saturated rings. The van der Waals surface area contributed by atoms with Crippen LogP contribution in [0.1, 0.15) is 43.2 Å². The molecule has 1 aliphatic carbocycles. The van der Waals surface area contributed by atoms with Gasteiger partial charge >= 0.3 is 0 Å². The molecular weight excluding hydrogens is 322 g/mol. The van der Waals surface area contributed by atoms with Gasteiger partial charge < -0.3 is 14.8 Å². The number of halogens is 1. The molecule has 0 radical (unpaired) electrons. The van der Waals surface area contributed by atoms with Crippen molar-refractivity contribution in [3.8, 4) is 0 Å². The van der Waals surface area contributed by atoms with Gasteiger partial charge in [0.2, 0.25) is 5.91 Å². The number of carbonyl (C=O) groups is 2. The number of likely N-dealkylation sites (N-methyl/N-ethyl adjacent to an activating group) is 1. The van der Waals surface area contributed by atoms with Gasteiger partial charge in [0, 0.05) is 30.3 Å². The topological polar surface area (TPSA) is 54.3 Å². The molecular formula is C14H20BrN3O2. The summed E-state index contributed by atoms with van der Waals surface area (Å²) in [5, 5.41) is 2.78. The molecule has 0 aromatic carbocycles. The monoisotopic (exact) mass is 341 g/mol. The van der Waals surface area contributed by atoms with Crippen LogP contribution in [-0.4, -0.2) is 40.9 Å². The van der Waals surface area contributed by atoms with Gasteiger partial charge in [-0.15, -0.1) is 0 Å². The number of carbonyl (C=O) groups excluding carboxylic acids is 2. The van der Waals surface area contributed by atoms with Crippen molar-refractivity contribution in [1.29, 1.82) is 0 Å². The number of hydrogen-bond donors (Lipinski definition) is 1. The molecule has 2 rings (SSSR count). The van der Waals surface area contributed by atoms with E-state index < -0.39 is 6.04 Å². The van der Waals surface area contributed by atoms with Crippen LogP contribution in [0, 0.1) is 0 Å². The van der Waals surface area contributed by atoms with Gasteiger partial charge in [0.05, 0.1) is 0 Å². The molecule has 0 saturated heterocycles.